The second-order valence-electron chi connectivity index (χ2n) is 7.87. The van der Waals surface area contributed by atoms with Crippen molar-refractivity contribution in [3.8, 4) is 0 Å². The van der Waals surface area contributed by atoms with E-state index in [1.54, 1.807) is 48.5 Å². The molecule has 0 aliphatic carbocycles. The summed E-state index contributed by atoms with van der Waals surface area (Å²) in [6, 6.07) is 19.3. The fraction of sp³-hybridized carbons (Fsp3) is 0.240. The molecular formula is C25H28N2O3S. The Morgan fingerprint density at radius 3 is 2.23 bits per heavy atom. The van der Waals surface area contributed by atoms with Gasteiger partial charge in [-0.1, -0.05) is 42.0 Å². The third kappa shape index (κ3) is 4.97. The summed E-state index contributed by atoms with van der Waals surface area (Å²) >= 11 is 0. The Bertz CT molecular complexity index is 1200. The third-order valence-electron chi connectivity index (χ3n) is 5.53. The smallest absolute Gasteiger partial charge is 0.264 e. The highest BCUT2D eigenvalue weighted by molar-refractivity contribution is 7.92. The lowest BCUT2D eigenvalue weighted by Gasteiger charge is -2.21. The summed E-state index contributed by atoms with van der Waals surface area (Å²) in [5.74, 6) is -0.256. The minimum absolute atomic E-state index is 0.176. The maximum atomic E-state index is 13.0. The lowest BCUT2D eigenvalue weighted by molar-refractivity contribution is 0.0940. The van der Waals surface area contributed by atoms with Crippen molar-refractivity contribution in [1.29, 1.82) is 0 Å². The molecule has 0 saturated heterocycles. The van der Waals surface area contributed by atoms with Crippen LogP contribution in [0, 0.1) is 20.8 Å². The fourth-order valence-electron chi connectivity index (χ4n) is 3.25. The van der Waals surface area contributed by atoms with Crippen molar-refractivity contribution >= 4 is 21.6 Å². The molecule has 1 atom stereocenters. The summed E-state index contributed by atoms with van der Waals surface area (Å²) in [5.41, 5.74) is 5.20. The van der Waals surface area contributed by atoms with Gasteiger partial charge in [0.15, 0.2) is 0 Å². The van der Waals surface area contributed by atoms with Crippen LogP contribution in [0.1, 0.15) is 45.6 Å². The van der Waals surface area contributed by atoms with Gasteiger partial charge < -0.3 is 5.32 Å². The number of sulfonamides is 1. The zero-order valence-electron chi connectivity index (χ0n) is 18.5. The van der Waals surface area contributed by atoms with Gasteiger partial charge in [0.2, 0.25) is 0 Å². The van der Waals surface area contributed by atoms with Gasteiger partial charge in [-0.3, -0.25) is 9.10 Å². The Morgan fingerprint density at radius 1 is 0.903 bits per heavy atom. The molecule has 0 radical (unpaired) electrons. The summed E-state index contributed by atoms with van der Waals surface area (Å²) in [5, 5.41) is 3.00. The maximum absolute atomic E-state index is 13.0. The zero-order valence-corrected chi connectivity index (χ0v) is 19.3. The summed E-state index contributed by atoms with van der Waals surface area (Å²) in [6.07, 6.45) is 0. The highest BCUT2D eigenvalue weighted by atomic mass is 32.2. The van der Waals surface area contributed by atoms with Gasteiger partial charge in [0.25, 0.3) is 15.9 Å². The molecule has 0 fully saturated rings. The number of rotatable bonds is 6. The van der Waals surface area contributed by atoms with Crippen LogP contribution in [0.15, 0.2) is 71.6 Å². The highest BCUT2D eigenvalue weighted by Gasteiger charge is 2.22. The van der Waals surface area contributed by atoms with E-state index in [0.29, 0.717) is 11.3 Å². The van der Waals surface area contributed by atoms with Crippen molar-refractivity contribution in [3.05, 3.63) is 94.5 Å². The molecule has 0 heterocycles. The van der Waals surface area contributed by atoms with Gasteiger partial charge in [0.1, 0.15) is 0 Å². The molecule has 3 aromatic carbocycles. The first-order valence-corrected chi connectivity index (χ1v) is 11.6. The van der Waals surface area contributed by atoms with E-state index in [9.17, 15) is 13.2 Å². The van der Waals surface area contributed by atoms with Crippen LogP contribution < -0.4 is 9.62 Å². The summed E-state index contributed by atoms with van der Waals surface area (Å²) < 4.78 is 27.1. The molecule has 0 aromatic heterocycles. The molecule has 0 unspecified atom stereocenters. The Morgan fingerprint density at radius 2 is 1.58 bits per heavy atom. The Labute approximate surface area is 184 Å². The van der Waals surface area contributed by atoms with Gasteiger partial charge in [0.05, 0.1) is 16.6 Å². The van der Waals surface area contributed by atoms with Gasteiger partial charge in [-0.25, -0.2) is 8.42 Å². The van der Waals surface area contributed by atoms with Crippen molar-refractivity contribution in [2.45, 2.75) is 38.6 Å². The monoisotopic (exact) mass is 436 g/mol. The van der Waals surface area contributed by atoms with Crippen LogP contribution in [0.5, 0.6) is 0 Å². The Hall–Kier alpha value is -3.12. The van der Waals surface area contributed by atoms with Crippen molar-refractivity contribution in [3.63, 3.8) is 0 Å². The van der Waals surface area contributed by atoms with Crippen LogP contribution in [0.3, 0.4) is 0 Å². The van der Waals surface area contributed by atoms with Gasteiger partial charge in [-0.05, 0) is 74.7 Å². The molecule has 162 valence electrons. The van der Waals surface area contributed by atoms with Gasteiger partial charge in [-0.15, -0.1) is 0 Å². The van der Waals surface area contributed by atoms with E-state index in [-0.39, 0.29) is 16.8 Å². The number of nitrogens with zero attached hydrogens (tertiary/aromatic N) is 1. The van der Waals surface area contributed by atoms with Crippen LogP contribution in [0.4, 0.5) is 5.69 Å². The average Bonchev–Trinajstić information content (AvgIpc) is 2.75. The van der Waals surface area contributed by atoms with Crippen molar-refractivity contribution < 1.29 is 13.2 Å². The topological polar surface area (TPSA) is 66.5 Å². The molecule has 5 nitrogen and oxygen atoms in total. The van der Waals surface area contributed by atoms with Crippen LogP contribution in [0.2, 0.25) is 0 Å². The number of amides is 1. The number of carbonyl (C=O) groups is 1. The number of anilines is 1. The summed E-state index contributed by atoms with van der Waals surface area (Å²) in [4.78, 5) is 13.0. The normalized spacial score (nSPS) is 12.3. The molecule has 0 aliphatic heterocycles. The van der Waals surface area contributed by atoms with Crippen LogP contribution >= 0.6 is 0 Å². The van der Waals surface area contributed by atoms with Crippen LogP contribution in [0.25, 0.3) is 0 Å². The SMILES string of the molecule is Cc1ccc(S(=O)(=O)N(C)c2cccc(C(=O)N[C@@H](C)c3ccc(C)c(C)c3)c2)cc1. The van der Waals surface area contributed by atoms with Crippen LogP contribution in [-0.4, -0.2) is 21.4 Å². The van der Waals surface area contributed by atoms with Crippen molar-refractivity contribution in [2.75, 3.05) is 11.4 Å². The molecule has 0 aliphatic rings. The molecule has 0 saturated carbocycles. The molecule has 0 spiro atoms. The van der Waals surface area contributed by atoms with Gasteiger partial charge in [-0.2, -0.15) is 0 Å². The molecule has 0 bridgehead atoms. The van der Waals surface area contributed by atoms with E-state index < -0.39 is 10.0 Å². The van der Waals surface area contributed by atoms with E-state index in [0.717, 1.165) is 11.1 Å². The number of aryl methyl sites for hydroxylation is 3. The third-order valence-corrected chi connectivity index (χ3v) is 7.33. The number of hydrogen-bond acceptors (Lipinski definition) is 3. The number of nitrogens with one attached hydrogen (secondary N) is 1. The number of benzene rings is 3. The number of carbonyl (C=O) groups excluding carboxylic acids is 1. The van der Waals surface area contributed by atoms with E-state index in [1.165, 1.54) is 22.5 Å². The van der Waals surface area contributed by atoms with Crippen molar-refractivity contribution in [1.82, 2.24) is 5.32 Å². The van der Waals surface area contributed by atoms with E-state index in [1.807, 2.05) is 32.9 Å². The van der Waals surface area contributed by atoms with Crippen LogP contribution in [-0.2, 0) is 10.0 Å². The highest BCUT2D eigenvalue weighted by Crippen LogP contribution is 2.24. The first kappa shape index (κ1) is 22.6. The molecule has 1 amide bonds. The van der Waals surface area contributed by atoms with E-state index in [2.05, 4.69) is 18.3 Å². The van der Waals surface area contributed by atoms with Gasteiger partial charge in [0, 0.05) is 12.6 Å². The standard InChI is InChI=1S/C25H28N2O3S/c1-17-9-13-24(14-10-17)31(29,30)27(5)23-8-6-7-22(16-23)25(28)26-20(4)21-12-11-18(2)19(3)15-21/h6-16,20H,1-5H3,(H,26,28)/t20-/m0/s1. The minimum atomic E-state index is -3.72. The molecule has 6 heteroatoms. The van der Waals surface area contributed by atoms with E-state index in [4.69, 9.17) is 0 Å². The lowest BCUT2D eigenvalue weighted by Crippen LogP contribution is -2.28. The lowest BCUT2D eigenvalue weighted by atomic mass is 10.0. The summed E-state index contributed by atoms with van der Waals surface area (Å²) in [6.45, 7) is 7.93. The van der Waals surface area contributed by atoms with Crippen molar-refractivity contribution in [2.24, 2.45) is 0 Å². The second kappa shape index (κ2) is 8.94. The maximum Gasteiger partial charge on any atom is 0.264 e. The Kier molecular flexibility index (Phi) is 6.51. The Balaban J connectivity index is 1.81. The van der Waals surface area contributed by atoms with E-state index >= 15 is 0 Å². The first-order valence-electron chi connectivity index (χ1n) is 10.1. The molecule has 3 rings (SSSR count). The average molecular weight is 437 g/mol. The molecule has 1 N–H and O–H groups in total. The van der Waals surface area contributed by atoms with Gasteiger partial charge >= 0.3 is 0 Å². The second-order valence-corrected chi connectivity index (χ2v) is 9.84. The zero-order chi connectivity index (χ0) is 22.8. The first-order chi connectivity index (χ1) is 14.6. The fourth-order valence-corrected chi connectivity index (χ4v) is 4.43. The molecule has 3 aromatic rings. The molecular weight excluding hydrogens is 408 g/mol. The molecule has 31 heavy (non-hydrogen) atoms. The predicted molar refractivity (Wildman–Crippen MR) is 125 cm³/mol. The predicted octanol–water partition coefficient (Wildman–Crippen LogP) is 4.93. The summed E-state index contributed by atoms with van der Waals surface area (Å²) in [7, 11) is -2.23. The minimum Gasteiger partial charge on any atom is -0.346 e. The largest absolute Gasteiger partial charge is 0.346 e. The quantitative estimate of drug-likeness (QED) is 0.596. The number of hydrogen-bond donors (Lipinski definition) is 1.